The van der Waals surface area contributed by atoms with Gasteiger partial charge in [-0.2, -0.15) is 0 Å². The Hall–Kier alpha value is -3.93. The number of nitrogens with zero attached hydrogens (tertiary/aromatic N) is 3. The van der Waals surface area contributed by atoms with Gasteiger partial charge in [-0.1, -0.05) is 48.5 Å². The zero-order valence-electron chi connectivity index (χ0n) is 16.3. The first-order valence-corrected chi connectivity index (χ1v) is 9.89. The lowest BCUT2D eigenvalue weighted by atomic mass is 10.1. The van der Waals surface area contributed by atoms with Crippen molar-refractivity contribution in [2.75, 3.05) is 11.9 Å². The fourth-order valence-corrected chi connectivity index (χ4v) is 3.80. The Morgan fingerprint density at radius 1 is 0.933 bits per heavy atom. The average molecular weight is 396 g/mol. The molecule has 148 valence electrons. The maximum atomic E-state index is 13.0. The summed E-state index contributed by atoms with van der Waals surface area (Å²) in [7, 11) is 0. The predicted molar refractivity (Wildman–Crippen MR) is 115 cm³/mol. The van der Waals surface area contributed by atoms with E-state index in [0.717, 1.165) is 16.8 Å². The van der Waals surface area contributed by atoms with Crippen molar-refractivity contribution < 1.29 is 9.59 Å². The fraction of sp³-hybridized carbons (Fsp3) is 0.125. The van der Waals surface area contributed by atoms with Gasteiger partial charge in [-0.25, -0.2) is 4.98 Å². The number of rotatable bonds is 4. The number of benzene rings is 3. The maximum Gasteiger partial charge on any atom is 0.290 e. The first kappa shape index (κ1) is 18.1. The summed E-state index contributed by atoms with van der Waals surface area (Å²) in [5.41, 5.74) is 3.86. The number of hydrogen-bond acceptors (Lipinski definition) is 3. The van der Waals surface area contributed by atoms with Gasteiger partial charge in [0.25, 0.3) is 11.8 Å². The van der Waals surface area contributed by atoms with E-state index in [-0.39, 0.29) is 11.8 Å². The van der Waals surface area contributed by atoms with E-state index in [1.807, 2.05) is 76.2 Å². The Balaban J connectivity index is 1.41. The molecule has 1 aliphatic rings. The van der Waals surface area contributed by atoms with E-state index in [0.29, 0.717) is 36.5 Å². The molecule has 6 heteroatoms. The van der Waals surface area contributed by atoms with Gasteiger partial charge in [0.15, 0.2) is 5.82 Å². The minimum absolute atomic E-state index is 0.0865. The SMILES string of the molecule is O=C(Nc1ccccc1)c1ccc2c(c1)nc1n2CCN(Cc2ccccc2)C1=O. The number of hydrogen-bond donors (Lipinski definition) is 1. The van der Waals surface area contributed by atoms with Crippen LogP contribution in [-0.2, 0) is 13.1 Å². The highest BCUT2D eigenvalue weighted by atomic mass is 16.2. The summed E-state index contributed by atoms with van der Waals surface area (Å²) in [6.45, 7) is 1.87. The molecular formula is C24H20N4O2. The number of anilines is 1. The van der Waals surface area contributed by atoms with Crippen LogP contribution in [0, 0.1) is 0 Å². The molecule has 0 bridgehead atoms. The Kier molecular flexibility index (Phi) is 4.52. The second-order valence-corrected chi connectivity index (χ2v) is 7.32. The predicted octanol–water partition coefficient (Wildman–Crippen LogP) is 3.94. The summed E-state index contributed by atoms with van der Waals surface area (Å²) in [6, 6.07) is 24.6. The van der Waals surface area contributed by atoms with Crippen LogP contribution in [-0.4, -0.2) is 32.8 Å². The van der Waals surface area contributed by atoms with E-state index in [2.05, 4.69) is 10.3 Å². The smallest absolute Gasteiger partial charge is 0.290 e. The molecule has 2 amide bonds. The summed E-state index contributed by atoms with van der Waals surface area (Å²) in [4.78, 5) is 32.0. The number of imidazole rings is 1. The Labute approximate surface area is 173 Å². The summed E-state index contributed by atoms with van der Waals surface area (Å²) in [6.07, 6.45) is 0. The zero-order valence-corrected chi connectivity index (χ0v) is 16.3. The van der Waals surface area contributed by atoms with Gasteiger partial charge < -0.3 is 14.8 Å². The molecule has 0 unspecified atom stereocenters. The van der Waals surface area contributed by atoms with Crippen LogP contribution in [0.25, 0.3) is 11.0 Å². The minimum Gasteiger partial charge on any atom is -0.330 e. The fourth-order valence-electron chi connectivity index (χ4n) is 3.80. The molecule has 1 N–H and O–H groups in total. The standard InChI is InChI=1S/C24H20N4O2/c29-23(25-19-9-5-2-6-10-19)18-11-12-21-20(15-18)26-22-24(30)27(13-14-28(21)22)16-17-7-3-1-4-8-17/h1-12,15H,13-14,16H2,(H,25,29). The quantitative estimate of drug-likeness (QED) is 0.568. The minimum atomic E-state index is -0.203. The highest BCUT2D eigenvalue weighted by Crippen LogP contribution is 2.23. The van der Waals surface area contributed by atoms with Gasteiger partial charge >= 0.3 is 0 Å². The van der Waals surface area contributed by atoms with Gasteiger partial charge in [-0.05, 0) is 35.9 Å². The van der Waals surface area contributed by atoms with Crippen molar-refractivity contribution in [2.24, 2.45) is 0 Å². The molecule has 3 aromatic carbocycles. The second kappa shape index (κ2) is 7.48. The van der Waals surface area contributed by atoms with Crippen molar-refractivity contribution in [2.45, 2.75) is 13.1 Å². The van der Waals surface area contributed by atoms with Crippen molar-refractivity contribution in [1.82, 2.24) is 14.5 Å². The molecule has 2 heterocycles. The van der Waals surface area contributed by atoms with Gasteiger partial charge in [0, 0.05) is 30.9 Å². The van der Waals surface area contributed by atoms with Crippen LogP contribution in [0.3, 0.4) is 0 Å². The largest absolute Gasteiger partial charge is 0.330 e. The third-order valence-corrected chi connectivity index (χ3v) is 5.33. The van der Waals surface area contributed by atoms with E-state index < -0.39 is 0 Å². The summed E-state index contributed by atoms with van der Waals surface area (Å²) in [5, 5.41) is 2.88. The van der Waals surface area contributed by atoms with Gasteiger partial charge in [0.05, 0.1) is 11.0 Å². The molecule has 6 nitrogen and oxygen atoms in total. The molecular weight excluding hydrogens is 376 g/mol. The Morgan fingerprint density at radius 2 is 1.67 bits per heavy atom. The zero-order chi connectivity index (χ0) is 20.5. The number of carbonyl (C=O) groups is 2. The van der Waals surface area contributed by atoms with Crippen LogP contribution >= 0.6 is 0 Å². The molecule has 0 aliphatic carbocycles. The van der Waals surface area contributed by atoms with Crippen molar-refractivity contribution >= 4 is 28.5 Å². The number of fused-ring (bicyclic) bond motifs is 3. The molecule has 0 spiro atoms. The molecule has 0 radical (unpaired) electrons. The normalized spacial score (nSPS) is 13.3. The maximum absolute atomic E-state index is 13.0. The molecule has 5 rings (SSSR count). The van der Waals surface area contributed by atoms with Crippen molar-refractivity contribution in [3.05, 3.63) is 95.8 Å². The lowest BCUT2D eigenvalue weighted by Gasteiger charge is -2.27. The van der Waals surface area contributed by atoms with Crippen LogP contribution in [0.15, 0.2) is 78.9 Å². The molecule has 30 heavy (non-hydrogen) atoms. The van der Waals surface area contributed by atoms with E-state index >= 15 is 0 Å². The lowest BCUT2D eigenvalue weighted by Crippen LogP contribution is -2.39. The summed E-state index contributed by atoms with van der Waals surface area (Å²) in [5.74, 6) is 0.135. The molecule has 1 aromatic heterocycles. The van der Waals surface area contributed by atoms with Gasteiger partial charge in [0.2, 0.25) is 0 Å². The average Bonchev–Trinajstić information content (AvgIpc) is 3.16. The van der Waals surface area contributed by atoms with Crippen LogP contribution in [0.1, 0.15) is 26.5 Å². The first-order chi connectivity index (χ1) is 14.7. The number of carbonyl (C=O) groups excluding carboxylic acids is 2. The second-order valence-electron chi connectivity index (χ2n) is 7.32. The molecule has 1 aliphatic heterocycles. The number of amides is 2. The van der Waals surface area contributed by atoms with Crippen molar-refractivity contribution in [1.29, 1.82) is 0 Å². The van der Waals surface area contributed by atoms with Crippen LogP contribution in [0.5, 0.6) is 0 Å². The van der Waals surface area contributed by atoms with E-state index in [1.54, 1.807) is 12.1 Å². The molecule has 0 saturated heterocycles. The first-order valence-electron chi connectivity index (χ1n) is 9.89. The molecule has 0 fully saturated rings. The lowest BCUT2D eigenvalue weighted by molar-refractivity contribution is 0.0685. The molecule has 0 saturated carbocycles. The molecule has 4 aromatic rings. The number of para-hydroxylation sites is 1. The highest BCUT2D eigenvalue weighted by Gasteiger charge is 2.28. The third kappa shape index (κ3) is 3.33. The van der Waals surface area contributed by atoms with Crippen LogP contribution < -0.4 is 5.32 Å². The third-order valence-electron chi connectivity index (χ3n) is 5.33. The highest BCUT2D eigenvalue weighted by molar-refractivity contribution is 6.06. The van der Waals surface area contributed by atoms with Gasteiger partial charge in [0.1, 0.15) is 0 Å². The van der Waals surface area contributed by atoms with Gasteiger partial charge in [-0.15, -0.1) is 0 Å². The van der Waals surface area contributed by atoms with Gasteiger partial charge in [-0.3, -0.25) is 9.59 Å². The Morgan fingerprint density at radius 3 is 2.43 bits per heavy atom. The topological polar surface area (TPSA) is 67.2 Å². The van der Waals surface area contributed by atoms with Crippen LogP contribution in [0.2, 0.25) is 0 Å². The van der Waals surface area contributed by atoms with E-state index in [9.17, 15) is 9.59 Å². The number of nitrogens with one attached hydrogen (secondary N) is 1. The Bertz CT molecular complexity index is 1230. The van der Waals surface area contributed by atoms with E-state index in [1.165, 1.54) is 0 Å². The molecule has 0 atom stereocenters. The van der Waals surface area contributed by atoms with Crippen LogP contribution in [0.4, 0.5) is 5.69 Å². The monoisotopic (exact) mass is 396 g/mol. The summed E-state index contributed by atoms with van der Waals surface area (Å²) < 4.78 is 1.94. The van der Waals surface area contributed by atoms with E-state index in [4.69, 9.17) is 0 Å². The summed E-state index contributed by atoms with van der Waals surface area (Å²) >= 11 is 0. The van der Waals surface area contributed by atoms with Crippen molar-refractivity contribution in [3.8, 4) is 0 Å². The number of aromatic nitrogens is 2. The van der Waals surface area contributed by atoms with Crippen molar-refractivity contribution in [3.63, 3.8) is 0 Å².